The van der Waals surface area contributed by atoms with Crippen LogP contribution >= 0.6 is 11.8 Å². The maximum atomic E-state index is 11.7. The molecular formula is C15H17N3OS. The van der Waals surface area contributed by atoms with Crippen molar-refractivity contribution in [1.29, 1.82) is 0 Å². The molecule has 104 valence electrons. The molecule has 0 spiro atoms. The summed E-state index contributed by atoms with van der Waals surface area (Å²) in [6, 6.07) is 11.9. The number of aryl methyl sites for hydroxylation is 1. The summed E-state index contributed by atoms with van der Waals surface area (Å²) in [6.07, 6.45) is 1.82. The second-order valence-corrected chi connectivity index (χ2v) is 5.47. The van der Waals surface area contributed by atoms with Gasteiger partial charge in [0, 0.05) is 11.1 Å². The van der Waals surface area contributed by atoms with Crippen molar-refractivity contribution >= 4 is 23.4 Å². The molecule has 0 aliphatic heterocycles. The number of carbonyl (C=O) groups excluding carboxylic acids is 1. The Balaban J connectivity index is 1.81. The van der Waals surface area contributed by atoms with Gasteiger partial charge in [-0.3, -0.25) is 4.79 Å². The van der Waals surface area contributed by atoms with E-state index in [0.29, 0.717) is 5.75 Å². The van der Waals surface area contributed by atoms with Gasteiger partial charge in [-0.25, -0.2) is 5.43 Å². The third kappa shape index (κ3) is 4.28. The van der Waals surface area contributed by atoms with Crippen molar-refractivity contribution in [3.05, 3.63) is 53.9 Å². The molecule has 4 nitrogen and oxygen atoms in total. The van der Waals surface area contributed by atoms with Crippen molar-refractivity contribution in [3.8, 4) is 0 Å². The van der Waals surface area contributed by atoms with E-state index >= 15 is 0 Å². The molecule has 2 rings (SSSR count). The summed E-state index contributed by atoms with van der Waals surface area (Å²) in [5.74, 6) is 0.242. The fourth-order valence-corrected chi connectivity index (χ4v) is 2.27. The number of aromatic nitrogens is 1. The van der Waals surface area contributed by atoms with E-state index in [1.807, 2.05) is 56.4 Å². The van der Waals surface area contributed by atoms with Crippen LogP contribution < -0.4 is 5.43 Å². The summed E-state index contributed by atoms with van der Waals surface area (Å²) in [4.78, 5) is 15.8. The van der Waals surface area contributed by atoms with Crippen molar-refractivity contribution in [1.82, 2.24) is 10.4 Å². The number of aromatic amines is 1. The summed E-state index contributed by atoms with van der Waals surface area (Å²) in [5.41, 5.74) is 5.43. The van der Waals surface area contributed by atoms with E-state index in [2.05, 4.69) is 15.5 Å². The van der Waals surface area contributed by atoms with Gasteiger partial charge in [-0.2, -0.15) is 5.10 Å². The Labute approximate surface area is 122 Å². The molecule has 20 heavy (non-hydrogen) atoms. The highest BCUT2D eigenvalue weighted by molar-refractivity contribution is 8.00. The summed E-state index contributed by atoms with van der Waals surface area (Å²) < 4.78 is 0. The number of nitrogens with zero attached hydrogens (tertiary/aromatic N) is 1. The number of carbonyl (C=O) groups is 1. The predicted molar refractivity (Wildman–Crippen MR) is 83.0 cm³/mol. The summed E-state index contributed by atoms with van der Waals surface area (Å²) in [6.45, 7) is 3.89. The number of H-pyrrole nitrogens is 1. The minimum absolute atomic E-state index is 0.110. The zero-order valence-electron chi connectivity index (χ0n) is 11.5. The molecule has 0 aliphatic carbocycles. The van der Waals surface area contributed by atoms with Gasteiger partial charge >= 0.3 is 0 Å². The van der Waals surface area contributed by atoms with Crippen molar-refractivity contribution < 1.29 is 4.79 Å². The highest BCUT2D eigenvalue weighted by atomic mass is 32.2. The molecule has 1 aromatic carbocycles. The molecule has 5 heteroatoms. The Hall–Kier alpha value is -2.01. The minimum atomic E-state index is -0.110. The summed E-state index contributed by atoms with van der Waals surface area (Å²) >= 11 is 1.50. The Kier molecular flexibility index (Phi) is 5.01. The first-order valence-electron chi connectivity index (χ1n) is 6.31. The van der Waals surface area contributed by atoms with Crippen LogP contribution in [0.4, 0.5) is 0 Å². The highest BCUT2D eigenvalue weighted by Gasteiger charge is 2.03. The Morgan fingerprint density at radius 1 is 1.30 bits per heavy atom. The standard InChI is InChI=1S/C15H17N3OS/c1-11-5-7-13(8-6-11)20-10-15(19)18-17-12(2)14-4-3-9-16-14/h3-9,16H,10H2,1-2H3,(H,18,19). The molecule has 0 atom stereocenters. The number of hydrogen-bond acceptors (Lipinski definition) is 3. The van der Waals surface area contributed by atoms with E-state index in [4.69, 9.17) is 0 Å². The zero-order valence-corrected chi connectivity index (χ0v) is 12.3. The molecule has 0 unspecified atom stereocenters. The number of hydrogen-bond donors (Lipinski definition) is 2. The predicted octanol–water partition coefficient (Wildman–Crippen LogP) is 2.96. The van der Waals surface area contributed by atoms with Crippen LogP contribution in [-0.4, -0.2) is 22.4 Å². The van der Waals surface area contributed by atoms with E-state index in [9.17, 15) is 4.79 Å². The molecule has 0 bridgehead atoms. The average Bonchev–Trinajstić information content (AvgIpc) is 2.98. The molecule has 0 saturated carbocycles. The van der Waals surface area contributed by atoms with E-state index in [1.165, 1.54) is 17.3 Å². The van der Waals surface area contributed by atoms with Crippen LogP contribution in [-0.2, 0) is 4.79 Å². The second kappa shape index (κ2) is 6.96. The molecule has 0 fully saturated rings. The molecular weight excluding hydrogens is 270 g/mol. The zero-order chi connectivity index (χ0) is 14.4. The molecule has 1 aromatic heterocycles. The van der Waals surface area contributed by atoms with Crippen LogP contribution in [0.2, 0.25) is 0 Å². The van der Waals surface area contributed by atoms with Gasteiger partial charge in [-0.05, 0) is 38.1 Å². The van der Waals surface area contributed by atoms with Crippen LogP contribution in [0, 0.1) is 6.92 Å². The average molecular weight is 287 g/mol. The van der Waals surface area contributed by atoms with Gasteiger partial charge in [0.15, 0.2) is 0 Å². The van der Waals surface area contributed by atoms with Crippen LogP contribution in [0.5, 0.6) is 0 Å². The van der Waals surface area contributed by atoms with Gasteiger partial charge in [0.1, 0.15) is 0 Å². The van der Waals surface area contributed by atoms with E-state index in [1.54, 1.807) is 0 Å². The van der Waals surface area contributed by atoms with Gasteiger partial charge < -0.3 is 4.98 Å². The number of rotatable bonds is 5. The largest absolute Gasteiger partial charge is 0.360 e. The SMILES string of the molecule is CC(=NNC(=O)CSc1ccc(C)cc1)c1ccc[nH]1. The van der Waals surface area contributed by atoms with E-state index in [0.717, 1.165) is 16.3 Å². The lowest BCUT2D eigenvalue weighted by molar-refractivity contribution is -0.118. The molecule has 2 N–H and O–H groups in total. The lowest BCUT2D eigenvalue weighted by Crippen LogP contribution is -2.21. The number of amides is 1. The smallest absolute Gasteiger partial charge is 0.250 e. The normalized spacial score (nSPS) is 11.4. The van der Waals surface area contributed by atoms with Crippen molar-refractivity contribution in [2.45, 2.75) is 18.7 Å². The first-order valence-corrected chi connectivity index (χ1v) is 7.30. The number of benzene rings is 1. The minimum Gasteiger partial charge on any atom is -0.360 e. The second-order valence-electron chi connectivity index (χ2n) is 4.42. The van der Waals surface area contributed by atoms with Gasteiger partial charge in [0.25, 0.3) is 0 Å². The maximum Gasteiger partial charge on any atom is 0.250 e. The molecule has 2 aromatic rings. The highest BCUT2D eigenvalue weighted by Crippen LogP contribution is 2.17. The van der Waals surface area contributed by atoms with Gasteiger partial charge in [-0.1, -0.05) is 17.7 Å². The van der Waals surface area contributed by atoms with Crippen molar-refractivity contribution in [3.63, 3.8) is 0 Å². The topological polar surface area (TPSA) is 57.2 Å². The van der Waals surface area contributed by atoms with Crippen molar-refractivity contribution in [2.24, 2.45) is 5.10 Å². The van der Waals surface area contributed by atoms with Crippen LogP contribution in [0.25, 0.3) is 0 Å². The Morgan fingerprint density at radius 3 is 2.70 bits per heavy atom. The first-order chi connectivity index (χ1) is 9.65. The van der Waals surface area contributed by atoms with E-state index in [-0.39, 0.29) is 5.91 Å². The molecule has 0 saturated heterocycles. The molecule has 0 radical (unpaired) electrons. The Morgan fingerprint density at radius 2 is 2.05 bits per heavy atom. The summed E-state index contributed by atoms with van der Waals surface area (Å²) in [5, 5.41) is 4.07. The Bertz CT molecular complexity index is 588. The summed E-state index contributed by atoms with van der Waals surface area (Å²) in [7, 11) is 0. The maximum absolute atomic E-state index is 11.7. The molecule has 1 amide bonds. The van der Waals surface area contributed by atoms with Crippen molar-refractivity contribution in [2.75, 3.05) is 5.75 Å². The van der Waals surface area contributed by atoms with Gasteiger partial charge in [0.05, 0.1) is 17.2 Å². The van der Waals surface area contributed by atoms with Crippen LogP contribution in [0.15, 0.2) is 52.6 Å². The monoisotopic (exact) mass is 287 g/mol. The number of nitrogens with one attached hydrogen (secondary N) is 2. The van der Waals surface area contributed by atoms with Gasteiger partial charge in [-0.15, -0.1) is 11.8 Å². The van der Waals surface area contributed by atoms with E-state index < -0.39 is 0 Å². The lowest BCUT2D eigenvalue weighted by Gasteiger charge is -2.02. The van der Waals surface area contributed by atoms with Gasteiger partial charge in [0.2, 0.25) is 5.91 Å². The number of thioether (sulfide) groups is 1. The fourth-order valence-electron chi connectivity index (χ4n) is 1.58. The quantitative estimate of drug-likeness (QED) is 0.504. The van der Waals surface area contributed by atoms with Crippen LogP contribution in [0.3, 0.4) is 0 Å². The number of hydrazone groups is 1. The third-order valence-corrected chi connectivity index (χ3v) is 3.74. The third-order valence-electron chi connectivity index (χ3n) is 2.73. The lowest BCUT2D eigenvalue weighted by atomic mass is 10.2. The molecule has 0 aliphatic rings. The molecule has 1 heterocycles. The first kappa shape index (κ1) is 14.4. The fraction of sp³-hybridized carbons (Fsp3) is 0.200. The van der Waals surface area contributed by atoms with Crippen LogP contribution in [0.1, 0.15) is 18.2 Å².